The Balaban J connectivity index is 2.74. The first-order chi connectivity index (χ1) is 14.0. The molecule has 1 saturated heterocycles. The predicted octanol–water partition coefficient (Wildman–Crippen LogP) is 5.82. The van der Waals surface area contributed by atoms with Crippen molar-refractivity contribution in [3.05, 3.63) is 0 Å². The Hall–Kier alpha value is 0.108. The normalized spacial score (nSPS) is 23.6. The highest BCUT2D eigenvalue weighted by atomic mass is 28.5. The lowest BCUT2D eigenvalue weighted by atomic mass is 10.1. The molecule has 0 N–H and O–H groups in total. The summed E-state index contributed by atoms with van der Waals surface area (Å²) in [7, 11) is -10.8. The second kappa shape index (κ2) is 9.63. The van der Waals surface area contributed by atoms with E-state index in [1.807, 2.05) is 39.3 Å². The molecule has 5 nitrogen and oxygen atoms in total. The van der Waals surface area contributed by atoms with E-state index in [2.05, 4.69) is 4.74 Å². The zero-order valence-corrected chi connectivity index (χ0v) is 23.0. The van der Waals surface area contributed by atoms with E-state index in [1.54, 1.807) is 6.55 Å². The molecule has 0 aromatic carbocycles. The zero-order valence-electron chi connectivity index (χ0n) is 19.0. The Bertz CT molecular complexity index is 629. The summed E-state index contributed by atoms with van der Waals surface area (Å²) in [6.07, 6.45) is -4.94. The largest absolute Gasteiger partial charge is 0.416 e. The van der Waals surface area contributed by atoms with Gasteiger partial charge in [-0.25, -0.2) is 8.78 Å². The van der Waals surface area contributed by atoms with Crippen molar-refractivity contribution in [3.8, 4) is 0 Å². The summed E-state index contributed by atoms with van der Waals surface area (Å²) < 4.78 is 133. The summed E-state index contributed by atoms with van der Waals surface area (Å²) >= 11 is 0. The van der Waals surface area contributed by atoms with Crippen molar-refractivity contribution in [3.63, 3.8) is 0 Å². The molecule has 1 rings (SSSR count). The minimum absolute atomic E-state index is 0.0192. The van der Waals surface area contributed by atoms with Crippen LogP contribution in [0.4, 0.5) is 35.1 Å². The average molecular weight is 555 g/mol. The van der Waals surface area contributed by atoms with Crippen LogP contribution >= 0.6 is 0 Å². The van der Waals surface area contributed by atoms with Crippen molar-refractivity contribution in [1.82, 2.24) is 0 Å². The molecule has 0 spiro atoms. The van der Waals surface area contributed by atoms with Crippen LogP contribution < -0.4 is 0 Å². The van der Waals surface area contributed by atoms with Gasteiger partial charge in [0.2, 0.25) is 0 Å². The molecule has 0 saturated carbocycles. The second-order valence-corrected chi connectivity index (χ2v) is 23.5. The van der Waals surface area contributed by atoms with E-state index in [9.17, 15) is 35.1 Å². The molecule has 32 heavy (non-hydrogen) atoms. The van der Waals surface area contributed by atoms with Gasteiger partial charge in [0.15, 0.2) is 0 Å². The third kappa shape index (κ3) is 7.55. The molecule has 0 atom stereocenters. The molecule has 1 heterocycles. The van der Waals surface area contributed by atoms with Crippen LogP contribution in [0.1, 0.15) is 6.42 Å². The maximum atomic E-state index is 13.5. The minimum atomic E-state index is -6.28. The summed E-state index contributed by atoms with van der Waals surface area (Å²) in [5.74, 6) is -18.0. The van der Waals surface area contributed by atoms with Gasteiger partial charge in [0.1, 0.15) is 6.61 Å². The number of halogens is 8. The van der Waals surface area contributed by atoms with Crippen molar-refractivity contribution >= 4 is 34.2 Å². The Labute approximate surface area is 186 Å². The zero-order chi connectivity index (χ0) is 25.4. The predicted molar refractivity (Wildman–Crippen MR) is 109 cm³/mol. The quantitative estimate of drug-likeness (QED) is 0.204. The molecule has 0 aromatic heterocycles. The summed E-state index contributed by atoms with van der Waals surface area (Å²) in [5, 5.41) is 0. The van der Waals surface area contributed by atoms with Gasteiger partial charge >= 0.3 is 58.4 Å². The topological polar surface area (TPSA) is 46.2 Å². The second-order valence-electron chi connectivity index (χ2n) is 9.10. The van der Waals surface area contributed by atoms with Crippen LogP contribution in [0.25, 0.3) is 0 Å². The van der Waals surface area contributed by atoms with Crippen LogP contribution in [0, 0.1) is 0 Å². The molecule has 17 heteroatoms. The molecule has 0 aliphatic carbocycles. The first kappa shape index (κ1) is 30.1. The van der Waals surface area contributed by atoms with Crippen molar-refractivity contribution in [1.29, 1.82) is 0 Å². The fourth-order valence-electron chi connectivity index (χ4n) is 3.58. The maximum absolute atomic E-state index is 13.5. The van der Waals surface area contributed by atoms with Crippen molar-refractivity contribution in [2.24, 2.45) is 0 Å². The lowest BCUT2D eigenvalue weighted by Crippen LogP contribution is -2.65. The molecule has 0 radical (unpaired) electrons. The molecule has 0 bridgehead atoms. The number of ether oxygens (including phenoxy) is 1. The lowest BCUT2D eigenvalue weighted by molar-refractivity contribution is -0.345. The molecular formula is C15H30F8O5Si4. The van der Waals surface area contributed by atoms with E-state index in [0.29, 0.717) is 0 Å². The van der Waals surface area contributed by atoms with Gasteiger partial charge < -0.3 is 21.2 Å². The van der Waals surface area contributed by atoms with Gasteiger partial charge in [-0.2, -0.15) is 26.3 Å². The number of alkyl halides is 8. The Morgan fingerprint density at radius 1 is 0.719 bits per heavy atom. The van der Waals surface area contributed by atoms with E-state index in [1.165, 1.54) is 0 Å². The molecule has 0 unspecified atom stereocenters. The van der Waals surface area contributed by atoms with Gasteiger partial charge in [-0.05, 0) is 58.3 Å². The molecule has 0 aromatic rings. The highest BCUT2D eigenvalue weighted by Gasteiger charge is 2.75. The first-order valence-electron chi connectivity index (χ1n) is 9.78. The Morgan fingerprint density at radius 2 is 1.12 bits per heavy atom. The van der Waals surface area contributed by atoms with Crippen molar-refractivity contribution in [2.45, 2.75) is 82.5 Å². The van der Waals surface area contributed by atoms with Crippen LogP contribution in [-0.2, 0) is 21.2 Å². The van der Waals surface area contributed by atoms with Crippen LogP contribution in [0.5, 0.6) is 0 Å². The van der Waals surface area contributed by atoms with Gasteiger partial charge in [-0.3, -0.25) is 0 Å². The Morgan fingerprint density at radius 3 is 1.53 bits per heavy atom. The fraction of sp³-hybridized carbons (Fsp3) is 1.00. The average Bonchev–Trinajstić information content (AvgIpc) is 2.48. The fourth-order valence-corrected chi connectivity index (χ4v) is 25.1. The standard InChI is InChI=1S/C15H30F8O5Si4/c1-29(2)25-30(3,4)27-32(7,28-31(5,6)26-29)10-8-9-24-11-13(18,19)15(22,23)14(20,21)12(16)17/h12H,8-11H2,1-7H3. The third-order valence-electron chi connectivity index (χ3n) is 4.26. The molecule has 0 amide bonds. The number of hydrogen-bond acceptors (Lipinski definition) is 5. The monoisotopic (exact) mass is 554 g/mol. The van der Waals surface area contributed by atoms with E-state index in [0.717, 1.165) is 0 Å². The summed E-state index contributed by atoms with van der Waals surface area (Å²) in [4.78, 5) is 0. The van der Waals surface area contributed by atoms with Gasteiger partial charge in [0.05, 0.1) is 0 Å². The maximum Gasteiger partial charge on any atom is 0.380 e. The van der Waals surface area contributed by atoms with Crippen LogP contribution in [0.2, 0.25) is 51.9 Å². The van der Waals surface area contributed by atoms with Crippen LogP contribution in [0.15, 0.2) is 0 Å². The van der Waals surface area contributed by atoms with Gasteiger partial charge in [0.25, 0.3) is 0 Å². The van der Waals surface area contributed by atoms with Crippen LogP contribution in [-0.4, -0.2) is 71.7 Å². The molecular weight excluding hydrogens is 524 g/mol. The van der Waals surface area contributed by atoms with Crippen LogP contribution in [0.3, 0.4) is 0 Å². The minimum Gasteiger partial charge on any atom is -0.416 e. The highest BCUT2D eigenvalue weighted by Crippen LogP contribution is 2.48. The SMILES string of the molecule is C[Si]1(C)O[Si](C)(C)O[Si](C)(CCCOCC(F)(F)C(F)(F)C(F)(F)C(F)F)O[Si](C)(C)O1. The van der Waals surface area contributed by atoms with E-state index >= 15 is 0 Å². The van der Waals surface area contributed by atoms with Gasteiger partial charge in [0, 0.05) is 6.61 Å². The summed E-state index contributed by atoms with van der Waals surface area (Å²) in [6.45, 7) is 10.0. The summed E-state index contributed by atoms with van der Waals surface area (Å²) in [6, 6.07) is 0.198. The Kier molecular flexibility index (Phi) is 9.07. The number of hydrogen-bond donors (Lipinski definition) is 0. The van der Waals surface area contributed by atoms with E-state index < -0.39 is 71.7 Å². The lowest BCUT2D eigenvalue weighted by Gasteiger charge is -2.47. The highest BCUT2D eigenvalue weighted by molar-refractivity contribution is 6.93. The first-order valence-corrected chi connectivity index (χ1v) is 20.7. The smallest absolute Gasteiger partial charge is 0.380 e. The third-order valence-corrected chi connectivity index (χ3v) is 20.8. The van der Waals surface area contributed by atoms with E-state index in [4.69, 9.17) is 16.5 Å². The van der Waals surface area contributed by atoms with Crippen molar-refractivity contribution in [2.75, 3.05) is 13.2 Å². The van der Waals surface area contributed by atoms with Gasteiger partial charge in [-0.15, -0.1) is 0 Å². The van der Waals surface area contributed by atoms with Gasteiger partial charge in [-0.1, -0.05) is 0 Å². The van der Waals surface area contributed by atoms with Crippen molar-refractivity contribution < 1.29 is 56.3 Å². The number of rotatable bonds is 9. The molecule has 1 aliphatic rings. The summed E-state index contributed by atoms with van der Waals surface area (Å²) in [5.41, 5.74) is 0. The molecule has 1 fully saturated rings. The van der Waals surface area contributed by atoms with E-state index in [-0.39, 0.29) is 12.5 Å². The molecule has 192 valence electrons. The molecule has 1 aliphatic heterocycles.